The molecule has 0 radical (unpaired) electrons. The molecule has 0 saturated carbocycles. The molecule has 0 amide bonds. The highest BCUT2D eigenvalue weighted by Crippen LogP contribution is 2.24. The van der Waals surface area contributed by atoms with Crippen LogP contribution in [0.2, 0.25) is 0 Å². The number of pyridine rings is 1. The number of hydrogen-bond acceptors (Lipinski definition) is 4. The van der Waals surface area contributed by atoms with Crippen LogP contribution in [0, 0.1) is 6.92 Å². The number of aromatic nitrogens is 1. The summed E-state index contributed by atoms with van der Waals surface area (Å²) in [6, 6.07) is 5.50. The first kappa shape index (κ1) is 13.6. The van der Waals surface area contributed by atoms with Gasteiger partial charge in [0.1, 0.15) is 5.69 Å². The summed E-state index contributed by atoms with van der Waals surface area (Å²) < 4.78 is 0. The number of anilines is 1. The lowest BCUT2D eigenvalue weighted by Crippen LogP contribution is -2.43. The molecule has 0 unspecified atom stereocenters. The highest BCUT2D eigenvalue weighted by atomic mass is 16.4. The number of rotatable bonds is 2. The highest BCUT2D eigenvalue weighted by molar-refractivity contribution is 5.96. The lowest BCUT2D eigenvalue weighted by Gasteiger charge is -2.30. The zero-order valence-electron chi connectivity index (χ0n) is 11.8. The lowest BCUT2D eigenvalue weighted by atomic mass is 10.1. The number of H-pyrrole nitrogens is 1. The van der Waals surface area contributed by atoms with Crippen LogP contribution in [0.4, 0.5) is 5.69 Å². The van der Waals surface area contributed by atoms with Gasteiger partial charge >= 0.3 is 5.97 Å². The number of carboxylic acids is 1. The van der Waals surface area contributed by atoms with Crippen LogP contribution in [0.1, 0.15) is 16.1 Å². The topological polar surface area (TPSA) is 85.4 Å². The second-order valence-corrected chi connectivity index (χ2v) is 5.20. The minimum atomic E-state index is -1.11. The molecule has 21 heavy (non-hydrogen) atoms. The van der Waals surface area contributed by atoms with Crippen LogP contribution >= 0.6 is 0 Å². The molecule has 1 aromatic carbocycles. The van der Waals surface area contributed by atoms with E-state index < -0.39 is 5.97 Å². The number of nitrogens with one attached hydrogen (secondary N) is 2. The second kappa shape index (κ2) is 5.21. The summed E-state index contributed by atoms with van der Waals surface area (Å²) in [5.74, 6) is -1.11. The van der Waals surface area contributed by atoms with Gasteiger partial charge in [-0.05, 0) is 19.1 Å². The number of benzene rings is 1. The van der Waals surface area contributed by atoms with Crippen molar-refractivity contribution in [3.05, 3.63) is 39.7 Å². The fraction of sp³-hybridized carbons (Fsp3) is 0.333. The third kappa shape index (κ3) is 2.27. The molecule has 3 rings (SSSR count). The van der Waals surface area contributed by atoms with Crippen molar-refractivity contribution in [2.24, 2.45) is 0 Å². The average Bonchev–Trinajstić information content (AvgIpc) is 2.51. The first-order valence-corrected chi connectivity index (χ1v) is 6.94. The first-order valence-electron chi connectivity index (χ1n) is 6.94. The highest BCUT2D eigenvalue weighted by Gasteiger charge is 2.18. The van der Waals surface area contributed by atoms with Crippen LogP contribution in [0.15, 0.2) is 23.0 Å². The van der Waals surface area contributed by atoms with E-state index in [0.29, 0.717) is 10.9 Å². The van der Waals surface area contributed by atoms with Crippen LogP contribution in [0.5, 0.6) is 0 Å². The van der Waals surface area contributed by atoms with E-state index in [2.05, 4.69) is 15.2 Å². The number of carboxylic acid groups (broad SMARTS) is 1. The third-order valence-electron chi connectivity index (χ3n) is 3.92. The van der Waals surface area contributed by atoms with Gasteiger partial charge in [-0.3, -0.25) is 4.79 Å². The summed E-state index contributed by atoms with van der Waals surface area (Å²) in [6.45, 7) is 4.95. The Hall–Kier alpha value is -2.34. The zero-order valence-corrected chi connectivity index (χ0v) is 11.8. The number of aromatic carboxylic acids is 1. The van der Waals surface area contributed by atoms with Gasteiger partial charge in [0.2, 0.25) is 0 Å². The van der Waals surface area contributed by atoms with Gasteiger partial charge in [0.15, 0.2) is 5.43 Å². The van der Waals surface area contributed by atoms with Crippen molar-refractivity contribution in [2.75, 3.05) is 31.1 Å². The van der Waals surface area contributed by atoms with Crippen molar-refractivity contribution >= 4 is 22.6 Å². The Balaban J connectivity index is 2.26. The molecule has 0 aliphatic carbocycles. The Labute approximate surface area is 121 Å². The van der Waals surface area contributed by atoms with E-state index in [1.807, 2.05) is 12.1 Å². The van der Waals surface area contributed by atoms with E-state index in [1.165, 1.54) is 0 Å². The maximum atomic E-state index is 12.4. The van der Waals surface area contributed by atoms with Gasteiger partial charge in [-0.15, -0.1) is 0 Å². The molecule has 1 aliphatic heterocycles. The van der Waals surface area contributed by atoms with E-state index in [4.69, 9.17) is 0 Å². The molecule has 110 valence electrons. The standard InChI is InChI=1S/C15H17N3O3/c1-9-12(15(20)21)17-13-10(14(9)19)3-2-4-11(13)18-7-5-16-6-8-18/h2-4,16H,5-8H2,1H3,(H,17,19)(H,20,21). The van der Waals surface area contributed by atoms with Gasteiger partial charge in [-0.2, -0.15) is 0 Å². The Bertz CT molecular complexity index is 761. The largest absolute Gasteiger partial charge is 0.477 e. The fourth-order valence-electron chi connectivity index (χ4n) is 2.78. The SMILES string of the molecule is Cc1c(C(=O)O)[nH]c2c(N3CCNCC3)cccc2c1=O. The van der Waals surface area contributed by atoms with Gasteiger partial charge in [-0.25, -0.2) is 4.79 Å². The normalized spacial score (nSPS) is 15.4. The van der Waals surface area contributed by atoms with Crippen LogP contribution in [0.3, 0.4) is 0 Å². The molecule has 2 heterocycles. The molecule has 1 fully saturated rings. The van der Waals surface area contributed by atoms with E-state index >= 15 is 0 Å². The smallest absolute Gasteiger partial charge is 0.352 e. The number of hydrogen-bond donors (Lipinski definition) is 3. The number of aromatic amines is 1. The minimum absolute atomic E-state index is 0.0323. The molecule has 6 nitrogen and oxygen atoms in total. The van der Waals surface area contributed by atoms with Gasteiger partial charge in [0, 0.05) is 37.1 Å². The van der Waals surface area contributed by atoms with Crippen molar-refractivity contribution < 1.29 is 9.90 Å². The Kier molecular flexibility index (Phi) is 3.39. The summed E-state index contributed by atoms with van der Waals surface area (Å²) in [7, 11) is 0. The molecule has 2 aromatic rings. The molecule has 6 heteroatoms. The quantitative estimate of drug-likeness (QED) is 0.765. The van der Waals surface area contributed by atoms with E-state index in [0.717, 1.165) is 31.9 Å². The number of carbonyl (C=O) groups is 1. The number of para-hydroxylation sites is 1. The van der Waals surface area contributed by atoms with E-state index in [9.17, 15) is 14.7 Å². The monoisotopic (exact) mass is 287 g/mol. The van der Waals surface area contributed by atoms with Crippen LogP contribution < -0.4 is 15.6 Å². The van der Waals surface area contributed by atoms with Gasteiger partial charge < -0.3 is 20.3 Å². The van der Waals surface area contributed by atoms with Crippen molar-refractivity contribution in [1.82, 2.24) is 10.3 Å². The summed E-state index contributed by atoms with van der Waals surface area (Å²) in [4.78, 5) is 28.8. The summed E-state index contributed by atoms with van der Waals surface area (Å²) in [5.41, 5.74) is 1.47. The number of fused-ring (bicyclic) bond motifs is 1. The molecule has 0 bridgehead atoms. The van der Waals surface area contributed by atoms with Crippen LogP contribution in [-0.2, 0) is 0 Å². The molecule has 1 aliphatic rings. The first-order chi connectivity index (χ1) is 10.1. The molecule has 0 atom stereocenters. The molecule has 3 N–H and O–H groups in total. The summed E-state index contributed by atoms with van der Waals surface area (Å²) in [6.07, 6.45) is 0. The van der Waals surface area contributed by atoms with E-state index in [1.54, 1.807) is 13.0 Å². The molecular formula is C15H17N3O3. The predicted octanol–water partition coefficient (Wildman–Crippen LogP) is 0.944. The maximum Gasteiger partial charge on any atom is 0.352 e. The summed E-state index contributed by atoms with van der Waals surface area (Å²) in [5, 5.41) is 13.1. The fourth-order valence-corrected chi connectivity index (χ4v) is 2.78. The van der Waals surface area contributed by atoms with E-state index in [-0.39, 0.29) is 16.7 Å². The van der Waals surface area contributed by atoms with Crippen molar-refractivity contribution in [3.8, 4) is 0 Å². The Morgan fingerprint density at radius 2 is 2.00 bits per heavy atom. The summed E-state index contributed by atoms with van der Waals surface area (Å²) >= 11 is 0. The Morgan fingerprint density at radius 3 is 2.67 bits per heavy atom. The van der Waals surface area contributed by atoms with Crippen LogP contribution in [0.25, 0.3) is 10.9 Å². The zero-order chi connectivity index (χ0) is 15.0. The molecule has 1 aromatic heterocycles. The predicted molar refractivity (Wildman–Crippen MR) is 81.3 cm³/mol. The van der Waals surface area contributed by atoms with Gasteiger partial charge in [0.05, 0.1) is 11.2 Å². The molecule has 0 spiro atoms. The minimum Gasteiger partial charge on any atom is -0.477 e. The maximum absolute atomic E-state index is 12.4. The lowest BCUT2D eigenvalue weighted by molar-refractivity contribution is 0.0690. The number of piperazine rings is 1. The van der Waals surface area contributed by atoms with Crippen molar-refractivity contribution in [1.29, 1.82) is 0 Å². The molecule has 1 saturated heterocycles. The van der Waals surface area contributed by atoms with Crippen molar-refractivity contribution in [3.63, 3.8) is 0 Å². The average molecular weight is 287 g/mol. The van der Waals surface area contributed by atoms with Crippen molar-refractivity contribution in [2.45, 2.75) is 6.92 Å². The molecular weight excluding hydrogens is 270 g/mol. The second-order valence-electron chi connectivity index (χ2n) is 5.20. The van der Waals surface area contributed by atoms with Gasteiger partial charge in [-0.1, -0.05) is 6.07 Å². The number of nitrogens with zero attached hydrogens (tertiary/aromatic N) is 1. The Morgan fingerprint density at radius 1 is 1.29 bits per heavy atom. The van der Waals surface area contributed by atoms with Gasteiger partial charge in [0.25, 0.3) is 0 Å². The third-order valence-corrected chi connectivity index (χ3v) is 3.92. The van der Waals surface area contributed by atoms with Crippen LogP contribution in [-0.4, -0.2) is 42.2 Å².